The highest BCUT2D eigenvalue weighted by molar-refractivity contribution is 5.70. The van der Waals surface area contributed by atoms with Crippen LogP contribution in [0.2, 0.25) is 0 Å². The number of nitrogens with zero attached hydrogens (tertiary/aromatic N) is 1. The van der Waals surface area contributed by atoms with Gasteiger partial charge in [-0.1, -0.05) is 182 Å². The molecule has 0 spiro atoms. The highest BCUT2D eigenvalue weighted by Gasteiger charge is 2.25. The van der Waals surface area contributed by atoms with E-state index in [2.05, 4.69) is 98.9 Å². The minimum absolute atomic E-state index is 0.0222. The largest absolute Gasteiger partial charge is 0.544 e. The molecule has 0 aliphatic carbocycles. The molecule has 0 aromatic heterocycles. The number of likely N-dealkylation sites (N-methyl/N-ethyl adjacent to an activating group) is 1. The lowest BCUT2D eigenvalue weighted by molar-refractivity contribution is -0.889. The van der Waals surface area contributed by atoms with Crippen LogP contribution in [0.25, 0.3) is 0 Å². The molecule has 0 aromatic rings. The van der Waals surface area contributed by atoms with E-state index in [1.165, 1.54) is 77.0 Å². The maximum Gasteiger partial charge on any atom is 0.306 e. The van der Waals surface area contributed by atoms with Gasteiger partial charge in [-0.2, -0.15) is 0 Å². The van der Waals surface area contributed by atoms with E-state index in [0.29, 0.717) is 12.8 Å². The molecule has 0 aliphatic heterocycles. The number of ether oxygens (including phenoxy) is 3. The molecule has 0 saturated carbocycles. The van der Waals surface area contributed by atoms with E-state index in [-0.39, 0.29) is 42.7 Å². The van der Waals surface area contributed by atoms with Gasteiger partial charge >= 0.3 is 11.9 Å². The molecule has 0 aromatic carbocycles. The van der Waals surface area contributed by atoms with Crippen molar-refractivity contribution in [1.29, 1.82) is 0 Å². The molecule has 372 valence electrons. The van der Waals surface area contributed by atoms with E-state index in [9.17, 15) is 19.5 Å². The van der Waals surface area contributed by atoms with Crippen LogP contribution in [-0.2, 0) is 28.6 Å². The summed E-state index contributed by atoms with van der Waals surface area (Å²) in [6.45, 7) is 4.51. The average molecular weight is 908 g/mol. The second kappa shape index (κ2) is 47.0. The van der Waals surface area contributed by atoms with E-state index in [0.717, 1.165) is 96.3 Å². The SMILES string of the molecule is CC/C=C/C/C=C/C/C=C/C/C=C/C/C=C/CCCCCC(=O)OCC(COCCC(C(=O)[O-])[N+](C)(C)C)OC(=O)CCCCCCCCC/C=C/C/C=C/CCCCCCCCCC. The molecule has 0 rings (SSSR count). The van der Waals surface area contributed by atoms with Crippen LogP contribution in [-0.4, -0.2) is 75.5 Å². The van der Waals surface area contributed by atoms with Crippen LogP contribution in [0.5, 0.6) is 0 Å². The number of unbranched alkanes of at least 4 members (excludes halogenated alkanes) is 18. The zero-order chi connectivity index (χ0) is 47.7. The van der Waals surface area contributed by atoms with Crippen molar-refractivity contribution in [2.24, 2.45) is 0 Å². The Morgan fingerprint density at radius 2 is 0.862 bits per heavy atom. The Kier molecular flexibility index (Phi) is 44.5. The van der Waals surface area contributed by atoms with Crippen LogP contribution in [0.15, 0.2) is 85.1 Å². The number of hydrogen-bond acceptors (Lipinski definition) is 7. The topological polar surface area (TPSA) is 102 Å². The van der Waals surface area contributed by atoms with Crippen LogP contribution in [0.1, 0.15) is 206 Å². The van der Waals surface area contributed by atoms with Crippen LogP contribution >= 0.6 is 0 Å². The molecule has 0 N–H and O–H groups in total. The number of hydrogen-bond donors (Lipinski definition) is 0. The second-order valence-electron chi connectivity index (χ2n) is 18.4. The Balaban J connectivity index is 4.33. The number of carbonyl (C=O) groups is 3. The summed E-state index contributed by atoms with van der Waals surface area (Å²) in [5.74, 6) is -1.79. The smallest absolute Gasteiger partial charge is 0.306 e. The summed E-state index contributed by atoms with van der Waals surface area (Å²) in [6, 6.07) is -0.738. The van der Waals surface area contributed by atoms with Gasteiger partial charge in [0, 0.05) is 19.3 Å². The fourth-order valence-electron chi connectivity index (χ4n) is 7.25. The number of esters is 2. The van der Waals surface area contributed by atoms with Crippen LogP contribution in [0.4, 0.5) is 0 Å². The standard InChI is InChI=1S/C57H97NO7/c1-6-8-10-12-14-16-18-20-22-24-26-27-28-30-32-34-36-38-40-42-44-46-48-56(60)65-53(51-63-50-49-54(57(61)62)58(3,4)5)52-64-55(59)47-45-43-41-39-37-35-33-31-29-25-23-21-19-17-15-13-11-9-7-2/h9,11,15,17,21,23-24,26,28-31,35,37,53-54H,6-8,10,12-14,16,18-20,22,25,27,32-34,36,38-52H2,1-5H3/b11-9+,17-15+,23-21+,26-24+,30-28+,31-29+,37-35+. The van der Waals surface area contributed by atoms with Gasteiger partial charge in [0.05, 0.1) is 40.3 Å². The predicted octanol–water partition coefficient (Wildman–Crippen LogP) is 13.9. The minimum atomic E-state index is -1.13. The minimum Gasteiger partial charge on any atom is -0.544 e. The molecule has 0 saturated heterocycles. The third kappa shape index (κ3) is 45.5. The number of carboxylic acid groups (broad SMARTS) is 1. The number of carboxylic acids is 1. The van der Waals surface area contributed by atoms with Crippen LogP contribution < -0.4 is 5.11 Å². The van der Waals surface area contributed by atoms with Gasteiger partial charge in [-0.3, -0.25) is 9.59 Å². The maximum absolute atomic E-state index is 12.8. The summed E-state index contributed by atoms with van der Waals surface area (Å²) >= 11 is 0. The molecule has 2 unspecified atom stereocenters. The first-order valence-corrected chi connectivity index (χ1v) is 26.1. The van der Waals surface area contributed by atoms with Crippen LogP contribution in [0.3, 0.4) is 0 Å². The van der Waals surface area contributed by atoms with Crippen molar-refractivity contribution in [2.45, 2.75) is 219 Å². The van der Waals surface area contributed by atoms with Gasteiger partial charge < -0.3 is 28.6 Å². The van der Waals surface area contributed by atoms with Crippen molar-refractivity contribution in [2.75, 3.05) is 41.0 Å². The van der Waals surface area contributed by atoms with Crippen molar-refractivity contribution in [1.82, 2.24) is 0 Å². The van der Waals surface area contributed by atoms with Gasteiger partial charge in [-0.05, 0) is 89.9 Å². The summed E-state index contributed by atoms with van der Waals surface area (Å²) in [7, 11) is 5.40. The Morgan fingerprint density at radius 3 is 1.29 bits per heavy atom. The summed E-state index contributed by atoms with van der Waals surface area (Å²) in [6.07, 6.45) is 61.9. The van der Waals surface area contributed by atoms with Crippen molar-refractivity contribution in [3.8, 4) is 0 Å². The van der Waals surface area contributed by atoms with E-state index in [1.807, 2.05) is 0 Å². The molecule has 65 heavy (non-hydrogen) atoms. The number of rotatable bonds is 46. The van der Waals surface area contributed by atoms with Crippen molar-refractivity contribution < 1.29 is 38.2 Å². The fourth-order valence-corrected chi connectivity index (χ4v) is 7.25. The van der Waals surface area contributed by atoms with Crippen LogP contribution in [0, 0.1) is 0 Å². The van der Waals surface area contributed by atoms with E-state index >= 15 is 0 Å². The summed E-state index contributed by atoms with van der Waals surface area (Å²) < 4.78 is 17.2. The molecule has 8 heteroatoms. The molecule has 0 radical (unpaired) electrons. The lowest BCUT2D eigenvalue weighted by Gasteiger charge is -2.34. The Bertz CT molecular complexity index is 1330. The molecule has 0 heterocycles. The average Bonchev–Trinajstić information content (AvgIpc) is 3.27. The van der Waals surface area contributed by atoms with Gasteiger partial charge in [0.1, 0.15) is 12.6 Å². The monoisotopic (exact) mass is 908 g/mol. The molecular formula is C57H97NO7. The maximum atomic E-state index is 12.8. The summed E-state index contributed by atoms with van der Waals surface area (Å²) in [5, 5.41) is 11.7. The summed E-state index contributed by atoms with van der Waals surface area (Å²) in [5.41, 5.74) is 0. The van der Waals surface area contributed by atoms with Gasteiger partial charge in [0.15, 0.2) is 6.10 Å². The zero-order valence-corrected chi connectivity index (χ0v) is 42.4. The van der Waals surface area contributed by atoms with E-state index in [1.54, 1.807) is 21.1 Å². The van der Waals surface area contributed by atoms with E-state index in [4.69, 9.17) is 14.2 Å². The number of allylic oxidation sites excluding steroid dienone is 14. The normalized spacial score (nSPS) is 13.6. The third-order valence-electron chi connectivity index (χ3n) is 11.3. The number of aliphatic carboxylic acids is 1. The Morgan fingerprint density at radius 1 is 0.477 bits per heavy atom. The van der Waals surface area contributed by atoms with Gasteiger partial charge in [0.25, 0.3) is 0 Å². The highest BCUT2D eigenvalue weighted by atomic mass is 16.6. The Labute approximate surface area is 399 Å². The number of carbonyl (C=O) groups excluding carboxylic acids is 3. The van der Waals surface area contributed by atoms with Gasteiger partial charge in [0.2, 0.25) is 0 Å². The van der Waals surface area contributed by atoms with Crippen molar-refractivity contribution in [3.05, 3.63) is 85.1 Å². The lowest BCUT2D eigenvalue weighted by Crippen LogP contribution is -2.55. The molecule has 2 atom stereocenters. The predicted molar refractivity (Wildman–Crippen MR) is 272 cm³/mol. The lowest BCUT2D eigenvalue weighted by atomic mass is 10.1. The quantitative estimate of drug-likeness (QED) is 0.0259. The fraction of sp³-hybridized carbons (Fsp3) is 0.702. The second-order valence-corrected chi connectivity index (χ2v) is 18.4. The first-order valence-electron chi connectivity index (χ1n) is 26.1. The van der Waals surface area contributed by atoms with Gasteiger partial charge in [-0.25, -0.2) is 0 Å². The molecule has 0 fully saturated rings. The molecule has 0 bridgehead atoms. The third-order valence-corrected chi connectivity index (χ3v) is 11.3. The zero-order valence-electron chi connectivity index (χ0n) is 42.4. The Hall–Kier alpha value is -3.49. The van der Waals surface area contributed by atoms with E-state index < -0.39 is 18.1 Å². The van der Waals surface area contributed by atoms with Crippen molar-refractivity contribution in [3.63, 3.8) is 0 Å². The summed E-state index contributed by atoms with van der Waals surface area (Å²) in [4.78, 5) is 37.1. The van der Waals surface area contributed by atoms with Gasteiger partial charge in [-0.15, -0.1) is 0 Å². The highest BCUT2D eigenvalue weighted by Crippen LogP contribution is 2.14. The first kappa shape index (κ1) is 61.5. The molecule has 0 amide bonds. The molecule has 8 nitrogen and oxygen atoms in total. The first-order chi connectivity index (χ1) is 31.6. The number of quaternary nitrogens is 1. The molecule has 0 aliphatic rings. The molecular weight excluding hydrogens is 811 g/mol. The van der Waals surface area contributed by atoms with Crippen molar-refractivity contribution >= 4 is 17.9 Å².